The Labute approximate surface area is 695 Å². The smallest absolute Gasteiger partial charge is 0.435 e. The first kappa shape index (κ1) is 84.5. The Morgan fingerprint density at radius 3 is 1.23 bits per heavy atom. The number of aromatic nitrogens is 14. The molecule has 13 aromatic rings. The lowest BCUT2D eigenvalue weighted by atomic mass is 10.1. The molecule has 0 bridgehead atoms. The minimum absolute atomic E-state index is 0.00526. The van der Waals surface area contributed by atoms with Crippen molar-refractivity contribution in [3.05, 3.63) is 203 Å². The zero-order valence-corrected chi connectivity index (χ0v) is 67.0. The number of hydrogen-bond acceptors (Lipinski definition) is 37. The molecule has 0 saturated carbocycles. The fraction of sp³-hybridized carbons (Fsp3) is 0.171. The Morgan fingerprint density at radius 2 is 0.828 bits per heavy atom. The lowest BCUT2D eigenvalue weighted by Gasteiger charge is -2.19. The summed E-state index contributed by atoms with van der Waals surface area (Å²) in [4.78, 5) is 86.8. The van der Waals surface area contributed by atoms with E-state index < -0.39 is 17.5 Å². The summed E-state index contributed by atoms with van der Waals surface area (Å²) in [6.07, 6.45) is 18.3. The second-order valence-corrected chi connectivity index (χ2v) is 26.8. The summed E-state index contributed by atoms with van der Waals surface area (Å²) in [5.74, 6) is 5.58. The van der Waals surface area contributed by atoms with Crippen molar-refractivity contribution in [1.82, 2.24) is 69.6 Å². The summed E-state index contributed by atoms with van der Waals surface area (Å²) >= 11 is 0. The van der Waals surface area contributed by atoms with Crippen LogP contribution in [0.15, 0.2) is 167 Å². The molecule has 0 aliphatic carbocycles. The standard InChI is InChI=1S/C22H23N7O3.C18H16N6O.C14H12N6O.C14H15N5O2.C13H12FN5O.CH2O2/c1-22(2,3)32-21(30)29-16-10-17(31-4)15(9-13(16)11-27-29)28-20-18(19(23)25-12-26-20)14-7-5-6-8-24-14;1-25-15-7-12-9-20-8-11(12)6-14(15)24-18-16(17(19)22-10-23-18)13-4-2-3-5-21-13;1-21-12-3-9-6-17-5-8(9)2-11(12)20-14-10(4-15)13(16)18-7-19-14;1-20-11-4-9-6-16-5-8(9)3-10(11)19-14-12(21-2)13(15)17-7-18-14;1-20-10-3-8-5-16-4-7(8)2-9(10)19-13-11(14)12(15)17-6-18-13;2-1-3/h5-12H,1-4H3,(H3,23,25,26,28);2-8,10H,9H2,1H3,(H3,19,22,23,24);2-3,5,7H,6H2,1H3,(H3,16,18,19,20);3-5,7H,6H2,1-2H3,(H3,15,17,18,19);2-4,6H,5H2,1H3,(H3,15,17,18,19);1H,(H,2,3). The van der Waals surface area contributed by atoms with Gasteiger partial charge in [0.05, 0.1) is 132 Å². The molecule has 5 aromatic carbocycles. The van der Waals surface area contributed by atoms with Crippen LogP contribution in [0.2, 0.25) is 0 Å². The van der Waals surface area contributed by atoms with Gasteiger partial charge in [0.25, 0.3) is 6.47 Å². The average molecular weight is 1650 g/mol. The summed E-state index contributed by atoms with van der Waals surface area (Å²) in [5, 5.41) is 36.6. The molecule has 0 spiro atoms. The van der Waals surface area contributed by atoms with Gasteiger partial charge < -0.3 is 93.5 Å². The highest BCUT2D eigenvalue weighted by atomic mass is 19.1. The molecule has 0 fully saturated rings. The number of carbonyl (C=O) groups is 2. The number of nitrogens with two attached hydrogens (primary N) is 5. The van der Waals surface area contributed by atoms with Crippen LogP contribution in [-0.2, 0) is 35.7 Å². The number of nitriles is 1. The van der Waals surface area contributed by atoms with Crippen molar-refractivity contribution in [2.24, 2.45) is 20.0 Å². The number of benzene rings is 5. The van der Waals surface area contributed by atoms with Gasteiger partial charge in [-0.15, -0.1) is 0 Å². The van der Waals surface area contributed by atoms with Crippen LogP contribution in [0.5, 0.6) is 34.5 Å². The van der Waals surface area contributed by atoms with Gasteiger partial charge >= 0.3 is 6.09 Å². The van der Waals surface area contributed by atoms with E-state index >= 15 is 0 Å². The molecular weight excluding hydrogens is 1570 g/mol. The van der Waals surface area contributed by atoms with Crippen LogP contribution in [0.1, 0.15) is 70.8 Å². The molecule has 0 amide bonds. The summed E-state index contributed by atoms with van der Waals surface area (Å²) in [7, 11) is 9.45. The molecule has 0 unspecified atom stereocenters. The number of aliphatic imine (C=N–C) groups is 4. The van der Waals surface area contributed by atoms with Crippen molar-refractivity contribution in [2.75, 3.05) is 97.9 Å². The molecule has 122 heavy (non-hydrogen) atoms. The van der Waals surface area contributed by atoms with E-state index in [-0.39, 0.29) is 35.3 Å². The molecule has 4 aliphatic heterocycles. The Hall–Kier alpha value is -16.9. The predicted octanol–water partition coefficient (Wildman–Crippen LogP) is 11.8. The van der Waals surface area contributed by atoms with Crippen molar-refractivity contribution >= 4 is 135 Å². The Morgan fingerprint density at radius 1 is 0.467 bits per heavy atom. The molecule has 0 atom stereocenters. The van der Waals surface area contributed by atoms with Crippen molar-refractivity contribution < 1.29 is 52.2 Å². The van der Waals surface area contributed by atoms with Crippen molar-refractivity contribution in [3.63, 3.8) is 0 Å². The third-order valence-corrected chi connectivity index (χ3v) is 18.0. The number of carbonyl (C=O) groups excluding carboxylic acids is 1. The first-order valence-corrected chi connectivity index (χ1v) is 36.6. The zero-order valence-electron chi connectivity index (χ0n) is 67.0. The Bertz CT molecular complexity index is 6190. The number of fused-ring (bicyclic) bond motifs is 5. The van der Waals surface area contributed by atoms with Crippen LogP contribution in [0.3, 0.4) is 0 Å². The number of nitrogens with one attached hydrogen (secondary N) is 5. The largest absolute Gasteiger partial charge is 0.495 e. The van der Waals surface area contributed by atoms with Gasteiger partial charge in [0.2, 0.25) is 11.6 Å². The van der Waals surface area contributed by atoms with Gasteiger partial charge in [0.15, 0.2) is 29.1 Å². The highest BCUT2D eigenvalue weighted by molar-refractivity contribution is 5.96. The van der Waals surface area contributed by atoms with Crippen LogP contribution in [0.25, 0.3) is 33.4 Å². The molecule has 39 nitrogen and oxygen atoms in total. The topological polar surface area (TPSA) is 555 Å². The first-order chi connectivity index (χ1) is 59.1. The van der Waals surface area contributed by atoms with Crippen molar-refractivity contribution in [3.8, 4) is 63.1 Å². The third kappa shape index (κ3) is 19.8. The molecule has 12 heterocycles. The van der Waals surface area contributed by atoms with Crippen LogP contribution in [-0.4, -0.2) is 160 Å². The van der Waals surface area contributed by atoms with Gasteiger partial charge in [-0.1, -0.05) is 12.1 Å². The van der Waals surface area contributed by atoms with Gasteiger partial charge in [-0.25, -0.2) is 54.6 Å². The van der Waals surface area contributed by atoms with E-state index in [2.05, 4.69) is 111 Å². The number of nitrogens with zero attached hydrogens (tertiary/aromatic N) is 19. The average Bonchev–Trinajstić information content (AvgIpc) is 1.62. The highest BCUT2D eigenvalue weighted by Gasteiger charge is 2.26. The van der Waals surface area contributed by atoms with E-state index in [4.69, 9.17) is 77.0 Å². The SMILES string of the molecule is COc1cc2c(cc1Nc1ncnc(N)c1-c1ccccn1)C=NC2.COc1cc2c(cc1Nc1ncnc(N)c1C#N)C=NC2.COc1cc2c(cc1Nc1ncnc(N)c1F)C=NC2.COc1cc2c(cc1Nc1ncnc(N)c1OC)C=NC2.COc1cc2c(cnn2C(=O)OC(C)(C)C)cc1Nc1ncnc(N)c1-c1ccccn1.O=CO. The normalized spacial score (nSPS) is 11.7. The minimum atomic E-state index is -0.691. The minimum Gasteiger partial charge on any atom is -0.495 e. The van der Waals surface area contributed by atoms with E-state index in [1.54, 1.807) is 86.3 Å². The second-order valence-electron chi connectivity index (χ2n) is 26.8. The summed E-state index contributed by atoms with van der Waals surface area (Å²) in [6, 6.07) is 32.0. The van der Waals surface area contributed by atoms with Gasteiger partial charge in [-0.05, 0) is 144 Å². The maximum atomic E-state index is 13.8. The molecular formula is C82H80FN29O10. The van der Waals surface area contributed by atoms with Crippen molar-refractivity contribution in [1.29, 1.82) is 5.26 Å². The molecule has 0 saturated heterocycles. The molecule has 620 valence electrons. The number of carboxylic acid groups (broad SMARTS) is 1. The number of rotatable bonds is 18. The number of halogens is 1. The molecule has 40 heteroatoms. The van der Waals surface area contributed by atoms with Gasteiger partial charge in [-0.3, -0.25) is 34.7 Å². The lowest BCUT2D eigenvalue weighted by molar-refractivity contribution is -0.122. The van der Waals surface area contributed by atoms with Gasteiger partial charge in [-0.2, -0.15) is 19.4 Å². The van der Waals surface area contributed by atoms with Crippen LogP contribution < -0.4 is 83.7 Å². The highest BCUT2D eigenvalue weighted by Crippen LogP contribution is 2.42. The molecule has 0 radical (unpaired) electrons. The quantitative estimate of drug-likeness (QED) is 0.0355. The number of anilines is 15. The fourth-order valence-corrected chi connectivity index (χ4v) is 12.3. The van der Waals surface area contributed by atoms with Gasteiger partial charge in [0.1, 0.15) is 107 Å². The lowest BCUT2D eigenvalue weighted by Crippen LogP contribution is -2.27. The number of methoxy groups -OCH3 is 6. The maximum absolute atomic E-state index is 13.8. The first-order valence-electron chi connectivity index (χ1n) is 36.6. The van der Waals surface area contributed by atoms with Crippen LogP contribution in [0, 0.1) is 17.1 Å². The van der Waals surface area contributed by atoms with E-state index in [0.717, 1.165) is 55.9 Å². The summed E-state index contributed by atoms with van der Waals surface area (Å²) in [5.41, 5.74) is 43.7. The summed E-state index contributed by atoms with van der Waals surface area (Å²) < 4.78 is 52.8. The maximum Gasteiger partial charge on any atom is 0.435 e. The molecule has 17 rings (SSSR count). The molecule has 8 aromatic heterocycles. The van der Waals surface area contributed by atoms with Crippen LogP contribution in [0.4, 0.5) is 95.8 Å². The Kier molecular flexibility index (Phi) is 26.8. The van der Waals surface area contributed by atoms with Gasteiger partial charge in [0, 0.05) is 48.7 Å². The van der Waals surface area contributed by atoms with E-state index in [0.29, 0.717) is 146 Å². The van der Waals surface area contributed by atoms with E-state index in [9.17, 15) is 9.18 Å². The molecule has 4 aliphatic rings. The molecule has 16 N–H and O–H groups in total. The second kappa shape index (κ2) is 38.7. The Balaban J connectivity index is 0.000000140. The summed E-state index contributed by atoms with van der Waals surface area (Å²) in [6.45, 7) is 7.77. The third-order valence-electron chi connectivity index (χ3n) is 18.0. The number of hydrogen-bond donors (Lipinski definition) is 11. The fourth-order valence-electron chi connectivity index (χ4n) is 12.3. The number of ether oxygens (including phenoxy) is 7. The monoisotopic (exact) mass is 1650 g/mol. The number of nitrogen functional groups attached to an aromatic ring is 5. The number of pyridine rings is 2. The predicted molar refractivity (Wildman–Crippen MR) is 460 cm³/mol. The van der Waals surface area contributed by atoms with Crippen LogP contribution >= 0.6 is 0 Å². The van der Waals surface area contributed by atoms with E-state index in [1.807, 2.05) is 109 Å². The van der Waals surface area contributed by atoms with E-state index in [1.165, 1.54) is 50.5 Å². The van der Waals surface area contributed by atoms with Crippen molar-refractivity contribution in [2.45, 2.75) is 52.6 Å². The zero-order chi connectivity index (χ0) is 86.6.